The molecule has 0 spiro atoms. The van der Waals surface area contributed by atoms with Crippen LogP contribution in [0.3, 0.4) is 0 Å². The van der Waals surface area contributed by atoms with Gasteiger partial charge >= 0.3 is 0 Å². The second kappa shape index (κ2) is 7.18. The Morgan fingerprint density at radius 3 is 2.53 bits per heavy atom. The maximum Gasteiger partial charge on any atom is 0.119 e. The Morgan fingerprint density at radius 2 is 1.93 bits per heavy atom. The highest BCUT2D eigenvalue weighted by molar-refractivity contribution is 9.10. The Bertz CT molecular complexity index is 271. The van der Waals surface area contributed by atoms with E-state index in [2.05, 4.69) is 29.8 Å². The molecule has 84 valence electrons. The fraction of sp³-hybridized carbons (Fsp3) is 0.500. The third kappa shape index (κ3) is 6.10. The molecule has 1 rings (SSSR count). The molecule has 0 saturated heterocycles. The minimum absolute atomic E-state index is 0.720. The summed E-state index contributed by atoms with van der Waals surface area (Å²) in [6.07, 6.45) is 1.11. The lowest BCUT2D eigenvalue weighted by atomic mass is 10.3. The monoisotopic (exact) mass is 288 g/mol. The molecule has 0 N–H and O–H groups in total. The van der Waals surface area contributed by atoms with Gasteiger partial charge in [0.15, 0.2) is 0 Å². The Labute approximate surface area is 105 Å². The first-order chi connectivity index (χ1) is 7.18. The van der Waals surface area contributed by atoms with Gasteiger partial charge in [-0.15, -0.1) is 0 Å². The molecule has 0 radical (unpaired) electrons. The number of halogens is 1. The fourth-order valence-electron chi connectivity index (χ4n) is 1.10. The molecule has 3 heteroatoms. The molecule has 0 bridgehead atoms. The second-order valence-electron chi connectivity index (χ2n) is 3.58. The highest BCUT2D eigenvalue weighted by atomic mass is 79.9. The highest BCUT2D eigenvalue weighted by Gasteiger charge is 1.96. The number of benzene rings is 1. The summed E-state index contributed by atoms with van der Waals surface area (Å²) < 4.78 is 6.70. The van der Waals surface area contributed by atoms with Crippen molar-refractivity contribution in [3.63, 3.8) is 0 Å². The van der Waals surface area contributed by atoms with Gasteiger partial charge in [-0.05, 0) is 41.7 Å². The molecule has 0 unspecified atom stereocenters. The van der Waals surface area contributed by atoms with E-state index in [9.17, 15) is 0 Å². The fourth-order valence-corrected chi connectivity index (χ4v) is 2.12. The molecular weight excluding hydrogens is 272 g/mol. The number of hydrogen-bond donors (Lipinski definition) is 0. The molecule has 0 aliphatic heterocycles. The average Bonchev–Trinajstić information content (AvgIpc) is 2.20. The minimum Gasteiger partial charge on any atom is -0.494 e. The van der Waals surface area contributed by atoms with E-state index in [4.69, 9.17) is 4.74 Å². The summed E-state index contributed by atoms with van der Waals surface area (Å²) in [5.41, 5.74) is 0. The topological polar surface area (TPSA) is 9.23 Å². The largest absolute Gasteiger partial charge is 0.494 e. The van der Waals surface area contributed by atoms with Crippen molar-refractivity contribution in [2.45, 2.75) is 25.5 Å². The molecule has 0 atom stereocenters. The lowest BCUT2D eigenvalue weighted by molar-refractivity contribution is 0.318. The molecule has 0 fully saturated rings. The predicted molar refractivity (Wildman–Crippen MR) is 71.8 cm³/mol. The molecule has 1 aromatic rings. The molecule has 0 heterocycles. The van der Waals surface area contributed by atoms with Crippen LogP contribution in [0.15, 0.2) is 28.7 Å². The van der Waals surface area contributed by atoms with Crippen LogP contribution in [0.1, 0.15) is 20.3 Å². The summed E-state index contributed by atoms with van der Waals surface area (Å²) in [4.78, 5) is 0. The van der Waals surface area contributed by atoms with Crippen molar-refractivity contribution in [3.05, 3.63) is 28.7 Å². The van der Waals surface area contributed by atoms with Gasteiger partial charge in [0.05, 0.1) is 6.61 Å². The number of thioether (sulfide) groups is 1. The summed E-state index contributed by atoms with van der Waals surface area (Å²) >= 11 is 5.38. The van der Waals surface area contributed by atoms with Crippen LogP contribution in [0, 0.1) is 0 Å². The standard InChI is InChI=1S/C12H17BrOS/c1-10(2)15-9-3-8-14-12-6-4-11(13)5-7-12/h4-7,10H,3,8-9H2,1-2H3. The summed E-state index contributed by atoms with van der Waals surface area (Å²) in [6.45, 7) is 5.25. The molecule has 0 amide bonds. The molecule has 0 saturated carbocycles. The van der Waals surface area contributed by atoms with E-state index < -0.39 is 0 Å². The Morgan fingerprint density at radius 1 is 1.27 bits per heavy atom. The van der Waals surface area contributed by atoms with Gasteiger partial charge < -0.3 is 4.74 Å². The normalized spacial score (nSPS) is 10.7. The van der Waals surface area contributed by atoms with Crippen LogP contribution in [0.2, 0.25) is 0 Å². The van der Waals surface area contributed by atoms with Crippen LogP contribution in [-0.2, 0) is 0 Å². The Balaban J connectivity index is 2.12. The van der Waals surface area contributed by atoms with E-state index >= 15 is 0 Å². The number of rotatable bonds is 6. The van der Waals surface area contributed by atoms with Gasteiger partial charge in [0.25, 0.3) is 0 Å². The van der Waals surface area contributed by atoms with Crippen LogP contribution < -0.4 is 4.74 Å². The van der Waals surface area contributed by atoms with Crippen LogP contribution >= 0.6 is 27.7 Å². The van der Waals surface area contributed by atoms with Crippen molar-refractivity contribution in [2.75, 3.05) is 12.4 Å². The zero-order valence-corrected chi connectivity index (χ0v) is 11.6. The van der Waals surface area contributed by atoms with E-state index in [0.29, 0.717) is 0 Å². The van der Waals surface area contributed by atoms with Crippen molar-refractivity contribution in [1.29, 1.82) is 0 Å². The first-order valence-electron chi connectivity index (χ1n) is 5.18. The van der Waals surface area contributed by atoms with Crippen molar-refractivity contribution in [1.82, 2.24) is 0 Å². The Hall–Kier alpha value is -0.150. The first-order valence-corrected chi connectivity index (χ1v) is 7.02. The van der Waals surface area contributed by atoms with E-state index in [0.717, 1.165) is 28.5 Å². The van der Waals surface area contributed by atoms with Crippen LogP contribution in [0.5, 0.6) is 5.75 Å². The lowest BCUT2D eigenvalue weighted by Gasteiger charge is -2.07. The first kappa shape index (κ1) is 12.9. The van der Waals surface area contributed by atoms with Gasteiger partial charge in [0.1, 0.15) is 5.75 Å². The molecule has 15 heavy (non-hydrogen) atoms. The zero-order valence-electron chi connectivity index (χ0n) is 9.20. The SMILES string of the molecule is CC(C)SCCCOc1ccc(Br)cc1. The molecule has 0 aliphatic rings. The van der Waals surface area contributed by atoms with E-state index in [1.54, 1.807) is 0 Å². The number of ether oxygens (including phenoxy) is 1. The minimum atomic E-state index is 0.720. The third-order valence-electron chi connectivity index (χ3n) is 1.82. The lowest BCUT2D eigenvalue weighted by Crippen LogP contribution is -2.00. The van der Waals surface area contributed by atoms with Gasteiger partial charge in [0.2, 0.25) is 0 Å². The van der Waals surface area contributed by atoms with Crippen LogP contribution in [-0.4, -0.2) is 17.6 Å². The molecule has 0 aliphatic carbocycles. The quantitative estimate of drug-likeness (QED) is 0.720. The molecule has 1 aromatic carbocycles. The van der Waals surface area contributed by atoms with Gasteiger partial charge in [-0.3, -0.25) is 0 Å². The second-order valence-corrected chi connectivity index (χ2v) is 6.18. The van der Waals surface area contributed by atoms with E-state index in [1.165, 1.54) is 5.75 Å². The van der Waals surface area contributed by atoms with E-state index in [1.807, 2.05) is 36.0 Å². The summed E-state index contributed by atoms with van der Waals surface area (Å²) in [7, 11) is 0. The van der Waals surface area contributed by atoms with Gasteiger partial charge in [0, 0.05) is 4.47 Å². The van der Waals surface area contributed by atoms with Gasteiger partial charge in [-0.25, -0.2) is 0 Å². The zero-order chi connectivity index (χ0) is 11.1. The highest BCUT2D eigenvalue weighted by Crippen LogP contribution is 2.16. The summed E-state index contributed by atoms with van der Waals surface area (Å²) in [5, 5.41) is 0.720. The van der Waals surface area contributed by atoms with Crippen molar-refractivity contribution < 1.29 is 4.74 Å². The smallest absolute Gasteiger partial charge is 0.119 e. The van der Waals surface area contributed by atoms with Crippen molar-refractivity contribution >= 4 is 27.7 Å². The maximum atomic E-state index is 5.61. The predicted octanol–water partition coefficient (Wildman–Crippen LogP) is 4.36. The summed E-state index contributed by atoms with van der Waals surface area (Å²) in [6, 6.07) is 7.97. The maximum absolute atomic E-state index is 5.61. The van der Waals surface area contributed by atoms with Crippen LogP contribution in [0.25, 0.3) is 0 Å². The van der Waals surface area contributed by atoms with Crippen molar-refractivity contribution in [3.8, 4) is 5.75 Å². The average molecular weight is 289 g/mol. The number of hydrogen-bond acceptors (Lipinski definition) is 2. The third-order valence-corrected chi connectivity index (χ3v) is 3.54. The summed E-state index contributed by atoms with van der Waals surface area (Å²) in [5.74, 6) is 2.13. The molecular formula is C12H17BrOS. The molecule has 0 aromatic heterocycles. The van der Waals surface area contributed by atoms with E-state index in [-0.39, 0.29) is 0 Å². The van der Waals surface area contributed by atoms with Gasteiger partial charge in [-0.1, -0.05) is 29.8 Å². The van der Waals surface area contributed by atoms with Crippen LogP contribution in [0.4, 0.5) is 0 Å². The van der Waals surface area contributed by atoms with Gasteiger partial charge in [-0.2, -0.15) is 11.8 Å². The Kier molecular flexibility index (Phi) is 6.18. The molecule has 1 nitrogen and oxygen atoms in total. The van der Waals surface area contributed by atoms with Crippen molar-refractivity contribution in [2.24, 2.45) is 0 Å².